The molecule has 3 N–H and O–H groups in total. The smallest absolute Gasteiger partial charge is 0.406 e. The van der Waals surface area contributed by atoms with Crippen molar-refractivity contribution in [2.45, 2.75) is 44.2 Å². The molecule has 36 heavy (non-hydrogen) atoms. The van der Waals surface area contributed by atoms with Crippen molar-refractivity contribution >= 4 is 12.1 Å². The van der Waals surface area contributed by atoms with Crippen LogP contribution in [0.5, 0.6) is 0 Å². The molecule has 0 aliphatic carbocycles. The lowest BCUT2D eigenvalue weighted by molar-refractivity contribution is -0.00889. The lowest BCUT2D eigenvalue weighted by Crippen LogP contribution is -2.52. The Balaban J connectivity index is 1.62. The first-order valence-electron chi connectivity index (χ1n) is 13.0. The van der Waals surface area contributed by atoms with Crippen LogP contribution < -0.4 is 16.0 Å². The zero-order valence-electron chi connectivity index (χ0n) is 21.5. The number of hydrogen-bond donors (Lipinski definition) is 3. The number of carbonyl (C=O) groups excluding carboxylic acids is 2. The van der Waals surface area contributed by atoms with E-state index in [1.165, 1.54) is 19.2 Å². The molecular weight excluding hydrogens is 467 g/mol. The molecule has 1 unspecified atom stereocenters. The Kier molecular flexibility index (Phi) is 11.7. The first kappa shape index (κ1) is 28.1. The first-order valence-corrected chi connectivity index (χ1v) is 13.0. The summed E-state index contributed by atoms with van der Waals surface area (Å²) in [7, 11) is 3.20. The molecule has 2 heterocycles. The van der Waals surface area contributed by atoms with Crippen molar-refractivity contribution in [3.8, 4) is 0 Å². The predicted molar refractivity (Wildman–Crippen MR) is 134 cm³/mol. The number of carbonyl (C=O) groups is 2. The maximum atomic E-state index is 14.0. The molecule has 202 valence electrons. The van der Waals surface area contributed by atoms with Gasteiger partial charge in [-0.1, -0.05) is 12.1 Å². The number of nitrogens with one attached hydrogen (secondary N) is 3. The zero-order chi connectivity index (χ0) is 25.8. The van der Waals surface area contributed by atoms with Crippen molar-refractivity contribution in [2.24, 2.45) is 11.8 Å². The Morgan fingerprint density at radius 3 is 2.86 bits per heavy atom. The summed E-state index contributed by atoms with van der Waals surface area (Å²) >= 11 is 0. The molecule has 2 aliphatic rings. The number of methoxy groups -OCH3 is 1. The molecule has 0 radical (unpaired) electrons. The van der Waals surface area contributed by atoms with Gasteiger partial charge >= 0.3 is 12.1 Å². The minimum atomic E-state index is -0.530. The number of benzene rings is 1. The van der Waals surface area contributed by atoms with Crippen LogP contribution >= 0.6 is 0 Å². The van der Waals surface area contributed by atoms with Crippen molar-refractivity contribution in [1.29, 1.82) is 0 Å². The number of halogens is 1. The lowest BCUT2D eigenvalue weighted by Gasteiger charge is -2.38. The number of ether oxygens (including phenoxy) is 3. The van der Waals surface area contributed by atoms with Crippen LogP contribution in [0.25, 0.3) is 0 Å². The number of rotatable bonds is 11. The Labute approximate surface area is 213 Å². The van der Waals surface area contributed by atoms with Crippen molar-refractivity contribution in [3.05, 3.63) is 35.6 Å². The predicted octanol–water partition coefficient (Wildman–Crippen LogP) is 3.07. The van der Waals surface area contributed by atoms with Gasteiger partial charge in [0.2, 0.25) is 0 Å². The quantitative estimate of drug-likeness (QED) is 0.397. The van der Waals surface area contributed by atoms with Crippen molar-refractivity contribution in [1.82, 2.24) is 20.9 Å². The lowest BCUT2D eigenvalue weighted by atomic mass is 9.88. The van der Waals surface area contributed by atoms with E-state index in [1.54, 1.807) is 6.07 Å². The minimum Gasteiger partial charge on any atom is -0.453 e. The van der Waals surface area contributed by atoms with Crippen LogP contribution in [0.2, 0.25) is 0 Å². The summed E-state index contributed by atoms with van der Waals surface area (Å²) in [6.45, 7) is 3.96. The number of piperidine rings is 1. The highest BCUT2D eigenvalue weighted by Crippen LogP contribution is 2.33. The minimum absolute atomic E-state index is 0.000999. The molecule has 3 amide bonds. The average molecular weight is 509 g/mol. The van der Waals surface area contributed by atoms with Crippen LogP contribution in [0.15, 0.2) is 24.3 Å². The highest BCUT2D eigenvalue weighted by atomic mass is 19.1. The van der Waals surface area contributed by atoms with Crippen molar-refractivity contribution in [2.75, 3.05) is 60.2 Å². The third-order valence-electron chi connectivity index (χ3n) is 6.86. The SMILES string of the molecule is CNC[C@H](C[C@@H]1CCCOC1)NC(=O)N1CCCC([C@@H](OCCNC(=O)OC)c2cccc(F)c2)C1. The monoisotopic (exact) mass is 508 g/mol. The molecule has 4 atom stereocenters. The van der Waals surface area contributed by atoms with E-state index in [1.807, 2.05) is 18.0 Å². The number of amides is 3. The van der Waals surface area contributed by atoms with Gasteiger partial charge in [0.25, 0.3) is 0 Å². The van der Waals surface area contributed by atoms with E-state index >= 15 is 0 Å². The van der Waals surface area contributed by atoms with E-state index in [9.17, 15) is 14.0 Å². The molecule has 1 aromatic carbocycles. The molecule has 9 nitrogen and oxygen atoms in total. The molecule has 0 saturated carbocycles. The largest absolute Gasteiger partial charge is 0.453 e. The number of likely N-dealkylation sites (tertiary alicyclic amines) is 1. The number of nitrogens with zero attached hydrogens (tertiary/aromatic N) is 1. The van der Waals surface area contributed by atoms with Gasteiger partial charge in [-0.2, -0.15) is 0 Å². The second-order valence-corrected chi connectivity index (χ2v) is 9.64. The Hall–Kier alpha value is -2.43. The van der Waals surface area contributed by atoms with Crippen LogP contribution in [0.1, 0.15) is 43.8 Å². The second kappa shape index (κ2) is 15.0. The summed E-state index contributed by atoms with van der Waals surface area (Å²) < 4.78 is 30.4. The number of hydrogen-bond acceptors (Lipinski definition) is 6. The van der Waals surface area contributed by atoms with E-state index in [4.69, 9.17) is 9.47 Å². The molecule has 3 rings (SSSR count). The van der Waals surface area contributed by atoms with Gasteiger partial charge in [-0.3, -0.25) is 0 Å². The fourth-order valence-corrected chi connectivity index (χ4v) is 5.14. The van der Waals surface area contributed by atoms with Gasteiger partial charge in [-0.25, -0.2) is 14.0 Å². The summed E-state index contributed by atoms with van der Waals surface area (Å²) in [5.41, 5.74) is 0.727. The molecule has 2 fully saturated rings. The van der Waals surface area contributed by atoms with E-state index in [-0.39, 0.29) is 37.0 Å². The van der Waals surface area contributed by atoms with Crippen LogP contribution in [-0.2, 0) is 14.2 Å². The maximum absolute atomic E-state index is 14.0. The van der Waals surface area contributed by atoms with E-state index in [2.05, 4.69) is 20.7 Å². The fourth-order valence-electron chi connectivity index (χ4n) is 5.14. The molecular formula is C26H41FN4O5. The van der Waals surface area contributed by atoms with Gasteiger partial charge in [0.1, 0.15) is 5.82 Å². The molecule has 0 aromatic heterocycles. The third kappa shape index (κ3) is 8.90. The summed E-state index contributed by atoms with van der Waals surface area (Å²) in [6.07, 6.45) is 3.83. The van der Waals surface area contributed by atoms with Crippen molar-refractivity contribution in [3.63, 3.8) is 0 Å². The molecule has 2 aliphatic heterocycles. The van der Waals surface area contributed by atoms with Gasteiger partial charge in [-0.05, 0) is 62.8 Å². The Morgan fingerprint density at radius 1 is 1.28 bits per heavy atom. The second-order valence-electron chi connectivity index (χ2n) is 9.64. The van der Waals surface area contributed by atoms with E-state index in [0.717, 1.165) is 50.9 Å². The summed E-state index contributed by atoms with van der Waals surface area (Å²) in [5, 5.41) is 9.01. The Bertz CT molecular complexity index is 823. The summed E-state index contributed by atoms with van der Waals surface area (Å²) in [6, 6.07) is 6.33. The number of likely N-dealkylation sites (N-methyl/N-ethyl adjacent to an activating group) is 1. The topological polar surface area (TPSA) is 101 Å². The van der Waals surface area contributed by atoms with Crippen LogP contribution in [0.3, 0.4) is 0 Å². The van der Waals surface area contributed by atoms with Gasteiger partial charge in [-0.15, -0.1) is 0 Å². The van der Waals surface area contributed by atoms with E-state index in [0.29, 0.717) is 25.6 Å². The average Bonchev–Trinajstić information content (AvgIpc) is 2.89. The number of alkyl carbamates (subject to hydrolysis) is 1. The zero-order valence-corrected chi connectivity index (χ0v) is 21.5. The fraction of sp³-hybridized carbons (Fsp3) is 0.692. The van der Waals surface area contributed by atoms with Gasteiger partial charge in [0.05, 0.1) is 19.8 Å². The maximum Gasteiger partial charge on any atom is 0.406 e. The van der Waals surface area contributed by atoms with E-state index < -0.39 is 12.2 Å². The van der Waals surface area contributed by atoms with Crippen LogP contribution in [0.4, 0.5) is 14.0 Å². The Morgan fingerprint density at radius 2 is 2.14 bits per heavy atom. The molecule has 0 spiro atoms. The molecule has 10 heteroatoms. The summed E-state index contributed by atoms with van der Waals surface area (Å²) in [5.74, 6) is 0.121. The highest BCUT2D eigenvalue weighted by Gasteiger charge is 2.32. The molecule has 0 bridgehead atoms. The molecule has 1 aromatic rings. The normalized spacial score (nSPS) is 21.9. The first-order chi connectivity index (χ1) is 17.5. The van der Waals surface area contributed by atoms with Gasteiger partial charge < -0.3 is 35.1 Å². The van der Waals surface area contributed by atoms with Crippen LogP contribution in [0, 0.1) is 17.7 Å². The van der Waals surface area contributed by atoms with Gasteiger partial charge in [0, 0.05) is 51.4 Å². The van der Waals surface area contributed by atoms with Crippen LogP contribution in [-0.4, -0.2) is 83.2 Å². The number of urea groups is 1. The summed E-state index contributed by atoms with van der Waals surface area (Å²) in [4.78, 5) is 26.4. The highest BCUT2D eigenvalue weighted by molar-refractivity contribution is 5.74. The van der Waals surface area contributed by atoms with Crippen molar-refractivity contribution < 1.29 is 28.2 Å². The third-order valence-corrected chi connectivity index (χ3v) is 6.86. The standard InChI is InChI=1S/C26H41FN4O5/c1-28-16-23(14-19-6-5-12-35-18-19)30-25(32)31-11-4-8-21(17-31)24(20-7-3-9-22(27)15-20)36-13-10-29-26(33)34-2/h3,7,9,15,19,21,23-24,28H,4-6,8,10-14,16-18H2,1-2H3,(H,29,33)(H,30,32)/t19-,21?,23-,24-/m0/s1. The molecule has 2 saturated heterocycles. The van der Waals surface area contributed by atoms with Gasteiger partial charge in [0.15, 0.2) is 0 Å².